The number of ether oxygens (including phenoxy) is 1. The second-order valence-electron chi connectivity index (χ2n) is 4.43. The van der Waals surface area contributed by atoms with Crippen LogP contribution in [0, 0.1) is 6.92 Å². The molecule has 3 N–H and O–H groups in total. The van der Waals surface area contributed by atoms with E-state index in [1.165, 1.54) is 11.1 Å². The minimum Gasteiger partial charge on any atom is -0.481 e. The quantitative estimate of drug-likeness (QED) is 0.881. The summed E-state index contributed by atoms with van der Waals surface area (Å²) in [5.41, 5.74) is 8.05. The number of hydrogen-bond acceptors (Lipinski definition) is 5. The fourth-order valence-electron chi connectivity index (χ4n) is 1.78. The molecule has 0 saturated heterocycles. The van der Waals surface area contributed by atoms with E-state index in [9.17, 15) is 0 Å². The van der Waals surface area contributed by atoms with Crippen LogP contribution in [0.2, 0.25) is 0 Å². The molecule has 1 unspecified atom stereocenters. The Hall–Kier alpha value is -2.30. The lowest BCUT2D eigenvalue weighted by Crippen LogP contribution is -2.09. The van der Waals surface area contributed by atoms with Crippen LogP contribution >= 0.6 is 0 Å². The maximum Gasteiger partial charge on any atom is 0.225 e. The minimum absolute atomic E-state index is 0.125. The molecule has 2 aromatic rings. The molecule has 0 aliphatic heterocycles. The van der Waals surface area contributed by atoms with E-state index in [4.69, 9.17) is 10.5 Å². The van der Waals surface area contributed by atoms with Gasteiger partial charge in [0.05, 0.1) is 7.11 Å². The number of nitrogens with one attached hydrogen (secondary N) is 1. The van der Waals surface area contributed by atoms with Crippen LogP contribution in [0.4, 0.5) is 11.8 Å². The van der Waals surface area contributed by atoms with Crippen LogP contribution < -0.4 is 15.8 Å². The topological polar surface area (TPSA) is 73.1 Å². The average Bonchev–Trinajstić information content (AvgIpc) is 2.38. The summed E-state index contributed by atoms with van der Waals surface area (Å²) in [5, 5.41) is 3.28. The van der Waals surface area contributed by atoms with Gasteiger partial charge in [-0.3, -0.25) is 0 Å². The van der Waals surface area contributed by atoms with E-state index in [0.717, 1.165) is 0 Å². The third-order valence-corrected chi connectivity index (χ3v) is 2.87. The average molecular weight is 258 g/mol. The Kier molecular flexibility index (Phi) is 3.85. The van der Waals surface area contributed by atoms with E-state index in [-0.39, 0.29) is 12.0 Å². The molecule has 100 valence electrons. The molecule has 0 aliphatic carbocycles. The van der Waals surface area contributed by atoms with Crippen molar-refractivity contribution in [2.45, 2.75) is 19.9 Å². The Morgan fingerprint density at radius 3 is 2.53 bits per heavy atom. The predicted octanol–water partition coefficient (Wildman–Crippen LogP) is 2.55. The maximum atomic E-state index is 5.63. The molecule has 2 rings (SSSR count). The van der Waals surface area contributed by atoms with Crippen molar-refractivity contribution in [2.75, 3.05) is 18.2 Å². The van der Waals surface area contributed by atoms with Gasteiger partial charge in [-0.2, -0.15) is 9.97 Å². The third-order valence-electron chi connectivity index (χ3n) is 2.87. The van der Waals surface area contributed by atoms with Crippen molar-refractivity contribution < 1.29 is 4.74 Å². The van der Waals surface area contributed by atoms with E-state index in [2.05, 4.69) is 53.4 Å². The zero-order valence-electron chi connectivity index (χ0n) is 11.3. The Bertz CT molecular complexity index is 554. The fraction of sp³-hybridized carbons (Fsp3) is 0.286. The number of nitrogen functional groups attached to an aromatic ring is 1. The predicted molar refractivity (Wildman–Crippen MR) is 76.2 cm³/mol. The number of benzene rings is 1. The van der Waals surface area contributed by atoms with Crippen molar-refractivity contribution in [2.24, 2.45) is 0 Å². The molecule has 0 amide bonds. The lowest BCUT2D eigenvalue weighted by molar-refractivity contribution is 0.398. The van der Waals surface area contributed by atoms with Crippen molar-refractivity contribution in [3.8, 4) is 5.88 Å². The van der Waals surface area contributed by atoms with Crippen molar-refractivity contribution in [3.63, 3.8) is 0 Å². The van der Waals surface area contributed by atoms with Crippen LogP contribution in [0.5, 0.6) is 5.88 Å². The number of anilines is 2. The number of methoxy groups -OCH3 is 1. The van der Waals surface area contributed by atoms with Crippen LogP contribution in [0.3, 0.4) is 0 Å². The van der Waals surface area contributed by atoms with Gasteiger partial charge >= 0.3 is 0 Å². The van der Waals surface area contributed by atoms with Gasteiger partial charge in [-0.1, -0.05) is 29.8 Å². The van der Waals surface area contributed by atoms with Crippen molar-refractivity contribution in [1.82, 2.24) is 9.97 Å². The molecule has 5 nitrogen and oxygen atoms in total. The molecule has 5 heteroatoms. The maximum absolute atomic E-state index is 5.63. The molecule has 0 aliphatic rings. The van der Waals surface area contributed by atoms with Gasteiger partial charge in [-0.05, 0) is 19.4 Å². The zero-order valence-corrected chi connectivity index (χ0v) is 11.3. The summed E-state index contributed by atoms with van der Waals surface area (Å²) in [7, 11) is 1.55. The second-order valence-corrected chi connectivity index (χ2v) is 4.43. The summed E-state index contributed by atoms with van der Waals surface area (Å²) in [6.45, 7) is 4.13. The zero-order chi connectivity index (χ0) is 13.8. The van der Waals surface area contributed by atoms with Crippen LogP contribution in [0.1, 0.15) is 24.1 Å². The Balaban J connectivity index is 2.16. The van der Waals surface area contributed by atoms with Crippen molar-refractivity contribution in [3.05, 3.63) is 41.5 Å². The highest BCUT2D eigenvalue weighted by Crippen LogP contribution is 2.21. The molecule has 1 aromatic carbocycles. The van der Waals surface area contributed by atoms with Crippen molar-refractivity contribution >= 4 is 11.8 Å². The first-order chi connectivity index (χ1) is 9.08. The van der Waals surface area contributed by atoms with Crippen LogP contribution in [0.25, 0.3) is 0 Å². The highest BCUT2D eigenvalue weighted by molar-refractivity contribution is 5.44. The van der Waals surface area contributed by atoms with Gasteiger partial charge in [-0.15, -0.1) is 0 Å². The molecule has 0 bridgehead atoms. The van der Waals surface area contributed by atoms with Gasteiger partial charge in [-0.25, -0.2) is 0 Å². The summed E-state index contributed by atoms with van der Waals surface area (Å²) >= 11 is 0. The molecule has 0 spiro atoms. The SMILES string of the molecule is COc1cc(NC(C)c2ccc(C)cc2)nc(N)n1. The molecular formula is C14H18N4O. The summed E-state index contributed by atoms with van der Waals surface area (Å²) in [5.74, 6) is 1.29. The summed E-state index contributed by atoms with van der Waals surface area (Å²) < 4.78 is 5.07. The largest absolute Gasteiger partial charge is 0.481 e. The van der Waals surface area contributed by atoms with E-state index < -0.39 is 0 Å². The van der Waals surface area contributed by atoms with Gasteiger partial charge in [0.25, 0.3) is 0 Å². The van der Waals surface area contributed by atoms with Gasteiger partial charge in [0.2, 0.25) is 11.8 Å². The first-order valence-corrected chi connectivity index (χ1v) is 6.10. The third kappa shape index (κ3) is 3.34. The van der Waals surface area contributed by atoms with Crippen LogP contribution in [0.15, 0.2) is 30.3 Å². The minimum atomic E-state index is 0.125. The molecular weight excluding hydrogens is 240 g/mol. The first kappa shape index (κ1) is 13.1. The Morgan fingerprint density at radius 2 is 1.89 bits per heavy atom. The normalized spacial score (nSPS) is 11.9. The molecule has 0 saturated carbocycles. The highest BCUT2D eigenvalue weighted by atomic mass is 16.5. The summed E-state index contributed by atoms with van der Waals surface area (Å²) in [6, 6.07) is 10.2. The van der Waals surface area contributed by atoms with Crippen LogP contribution in [-0.2, 0) is 0 Å². The number of nitrogens with zero attached hydrogens (tertiary/aromatic N) is 2. The van der Waals surface area contributed by atoms with E-state index in [1.54, 1.807) is 13.2 Å². The Labute approximate surface area is 112 Å². The van der Waals surface area contributed by atoms with Gasteiger partial charge in [0, 0.05) is 12.1 Å². The van der Waals surface area contributed by atoms with E-state index in [1.807, 2.05) is 0 Å². The molecule has 1 atom stereocenters. The van der Waals surface area contributed by atoms with Crippen LogP contribution in [-0.4, -0.2) is 17.1 Å². The number of nitrogens with two attached hydrogens (primary N) is 1. The lowest BCUT2D eigenvalue weighted by atomic mass is 10.1. The number of hydrogen-bond donors (Lipinski definition) is 2. The number of aryl methyl sites for hydroxylation is 1. The first-order valence-electron chi connectivity index (χ1n) is 6.10. The molecule has 0 radical (unpaired) electrons. The highest BCUT2D eigenvalue weighted by Gasteiger charge is 2.08. The van der Waals surface area contributed by atoms with Gasteiger partial charge in [0.15, 0.2) is 0 Å². The lowest BCUT2D eigenvalue weighted by Gasteiger charge is -2.15. The van der Waals surface area contributed by atoms with E-state index >= 15 is 0 Å². The smallest absolute Gasteiger partial charge is 0.225 e. The molecule has 0 fully saturated rings. The fourth-order valence-corrected chi connectivity index (χ4v) is 1.78. The standard InChI is InChI=1S/C14H18N4O/c1-9-4-6-11(7-5-9)10(2)16-12-8-13(19-3)18-14(15)17-12/h4-8,10H,1-3H3,(H3,15,16,17,18). The second kappa shape index (κ2) is 5.56. The molecule has 19 heavy (non-hydrogen) atoms. The van der Waals surface area contributed by atoms with E-state index in [0.29, 0.717) is 11.7 Å². The number of aromatic nitrogens is 2. The van der Waals surface area contributed by atoms with Crippen molar-refractivity contribution in [1.29, 1.82) is 0 Å². The van der Waals surface area contributed by atoms with Gasteiger partial charge < -0.3 is 15.8 Å². The Morgan fingerprint density at radius 1 is 1.21 bits per heavy atom. The summed E-state index contributed by atoms with van der Waals surface area (Å²) in [4.78, 5) is 8.09. The molecule has 1 heterocycles. The molecule has 1 aromatic heterocycles. The van der Waals surface area contributed by atoms with Gasteiger partial charge in [0.1, 0.15) is 5.82 Å². The summed E-state index contributed by atoms with van der Waals surface area (Å²) in [6.07, 6.45) is 0. The number of rotatable bonds is 4. The monoisotopic (exact) mass is 258 g/mol.